The smallest absolute Gasteiger partial charge is 0.0716 e. The van der Waals surface area contributed by atoms with Gasteiger partial charge in [-0.25, -0.2) is 0 Å². The number of hydrogen-bond acceptors (Lipinski definition) is 1. The van der Waals surface area contributed by atoms with Gasteiger partial charge in [-0.2, -0.15) is 0 Å². The second-order valence-electron chi connectivity index (χ2n) is 5.32. The van der Waals surface area contributed by atoms with Gasteiger partial charge < -0.3 is 4.74 Å². The van der Waals surface area contributed by atoms with Crippen LogP contribution in [0.15, 0.2) is 72.8 Å². The van der Waals surface area contributed by atoms with E-state index in [-0.39, 0.29) is 0 Å². The first kappa shape index (κ1) is 13.8. The summed E-state index contributed by atoms with van der Waals surface area (Å²) in [4.78, 5) is 0. The number of aryl methyl sites for hydroxylation is 1. The van der Waals surface area contributed by atoms with Crippen molar-refractivity contribution in [2.24, 2.45) is 0 Å². The van der Waals surface area contributed by atoms with Crippen LogP contribution in [0.1, 0.15) is 17.5 Å². The van der Waals surface area contributed by atoms with Crippen molar-refractivity contribution in [2.75, 3.05) is 6.61 Å². The Balaban J connectivity index is 1.46. The Hall–Kier alpha value is -2.12. The Morgan fingerprint density at radius 2 is 1.43 bits per heavy atom. The van der Waals surface area contributed by atoms with Crippen molar-refractivity contribution in [3.8, 4) is 0 Å². The molecule has 3 rings (SSSR count). The fraction of sp³-hybridized carbons (Fsp3) is 0.200. The summed E-state index contributed by atoms with van der Waals surface area (Å²) in [5.41, 5.74) is 2.63. The number of fused-ring (bicyclic) bond motifs is 1. The highest BCUT2D eigenvalue weighted by atomic mass is 16.5. The summed E-state index contributed by atoms with van der Waals surface area (Å²) in [5, 5.41) is 2.63. The Labute approximate surface area is 126 Å². The lowest BCUT2D eigenvalue weighted by molar-refractivity contribution is 0.118. The molecule has 3 aromatic carbocycles. The number of hydrogen-bond donors (Lipinski definition) is 0. The highest BCUT2D eigenvalue weighted by Crippen LogP contribution is 2.16. The molecule has 1 nitrogen and oxygen atoms in total. The van der Waals surface area contributed by atoms with Crippen LogP contribution >= 0.6 is 0 Å². The first-order valence-corrected chi connectivity index (χ1v) is 7.51. The third kappa shape index (κ3) is 3.93. The quantitative estimate of drug-likeness (QED) is 0.576. The molecule has 21 heavy (non-hydrogen) atoms. The Morgan fingerprint density at radius 3 is 2.29 bits per heavy atom. The zero-order valence-electron chi connectivity index (χ0n) is 12.2. The lowest BCUT2D eigenvalue weighted by Gasteiger charge is -2.06. The van der Waals surface area contributed by atoms with E-state index >= 15 is 0 Å². The number of ether oxygens (including phenoxy) is 1. The van der Waals surface area contributed by atoms with Crippen molar-refractivity contribution in [2.45, 2.75) is 19.4 Å². The zero-order chi connectivity index (χ0) is 14.3. The van der Waals surface area contributed by atoms with E-state index in [1.165, 1.54) is 21.9 Å². The summed E-state index contributed by atoms with van der Waals surface area (Å²) < 4.78 is 5.73. The highest BCUT2D eigenvalue weighted by molar-refractivity contribution is 5.82. The SMILES string of the molecule is c1ccc(COCCCc2ccc3ccccc3c2)cc1. The molecule has 1 heteroatoms. The predicted octanol–water partition coefficient (Wildman–Crippen LogP) is 4.99. The maximum atomic E-state index is 5.73. The standard InChI is InChI=1S/C20H20O/c1-2-7-18(8-3-1)16-21-14-6-9-17-12-13-19-10-4-5-11-20(19)15-17/h1-5,7-8,10-13,15H,6,9,14,16H2. The van der Waals surface area contributed by atoms with Gasteiger partial charge in [0.05, 0.1) is 6.61 Å². The zero-order valence-corrected chi connectivity index (χ0v) is 12.2. The van der Waals surface area contributed by atoms with Crippen LogP contribution in [-0.2, 0) is 17.8 Å². The molecule has 106 valence electrons. The number of rotatable bonds is 6. The molecule has 0 aliphatic rings. The van der Waals surface area contributed by atoms with Gasteiger partial charge in [0.2, 0.25) is 0 Å². The lowest BCUT2D eigenvalue weighted by atomic mass is 10.0. The third-order valence-electron chi connectivity index (χ3n) is 3.68. The summed E-state index contributed by atoms with van der Waals surface area (Å²) in [6, 6.07) is 25.5. The van der Waals surface area contributed by atoms with E-state index in [1.54, 1.807) is 0 Å². The summed E-state index contributed by atoms with van der Waals surface area (Å²) in [7, 11) is 0. The van der Waals surface area contributed by atoms with E-state index in [2.05, 4.69) is 54.6 Å². The molecular formula is C20H20O. The predicted molar refractivity (Wildman–Crippen MR) is 88.4 cm³/mol. The van der Waals surface area contributed by atoms with E-state index in [9.17, 15) is 0 Å². The van der Waals surface area contributed by atoms with Crippen LogP contribution in [0.4, 0.5) is 0 Å². The van der Waals surface area contributed by atoms with Crippen molar-refractivity contribution >= 4 is 10.8 Å². The fourth-order valence-electron chi connectivity index (χ4n) is 2.54. The minimum atomic E-state index is 0.707. The van der Waals surface area contributed by atoms with Crippen LogP contribution in [0.25, 0.3) is 10.8 Å². The van der Waals surface area contributed by atoms with Gasteiger partial charge in [0.25, 0.3) is 0 Å². The van der Waals surface area contributed by atoms with Gasteiger partial charge in [-0.15, -0.1) is 0 Å². The first-order valence-electron chi connectivity index (χ1n) is 7.51. The molecule has 0 spiro atoms. The third-order valence-corrected chi connectivity index (χ3v) is 3.68. The van der Waals surface area contributed by atoms with Crippen molar-refractivity contribution in [3.63, 3.8) is 0 Å². The van der Waals surface area contributed by atoms with Crippen molar-refractivity contribution < 1.29 is 4.74 Å². The molecule has 0 aliphatic carbocycles. The van der Waals surface area contributed by atoms with E-state index in [1.807, 2.05) is 18.2 Å². The van der Waals surface area contributed by atoms with E-state index < -0.39 is 0 Å². The average molecular weight is 276 g/mol. The van der Waals surface area contributed by atoms with Gasteiger partial charge >= 0.3 is 0 Å². The average Bonchev–Trinajstić information content (AvgIpc) is 2.55. The van der Waals surface area contributed by atoms with Crippen LogP contribution in [0, 0.1) is 0 Å². The van der Waals surface area contributed by atoms with Gasteiger partial charge in [-0.1, -0.05) is 72.8 Å². The molecule has 0 atom stereocenters. The summed E-state index contributed by atoms with van der Waals surface area (Å²) in [6.07, 6.45) is 2.13. The van der Waals surface area contributed by atoms with Crippen LogP contribution in [0.5, 0.6) is 0 Å². The van der Waals surface area contributed by atoms with Gasteiger partial charge in [0.15, 0.2) is 0 Å². The second kappa shape index (κ2) is 7.05. The van der Waals surface area contributed by atoms with E-state index in [0.29, 0.717) is 6.61 Å². The molecule has 0 aromatic heterocycles. The summed E-state index contributed by atoms with van der Waals surface area (Å²) in [5.74, 6) is 0. The van der Waals surface area contributed by atoms with E-state index in [4.69, 9.17) is 4.74 Å². The van der Waals surface area contributed by atoms with Crippen LogP contribution in [0.3, 0.4) is 0 Å². The van der Waals surface area contributed by atoms with Crippen LogP contribution in [-0.4, -0.2) is 6.61 Å². The molecular weight excluding hydrogens is 256 g/mol. The molecule has 0 radical (unpaired) electrons. The monoisotopic (exact) mass is 276 g/mol. The van der Waals surface area contributed by atoms with Gasteiger partial charge in [-0.05, 0) is 34.7 Å². The summed E-state index contributed by atoms with van der Waals surface area (Å²) in [6.45, 7) is 1.51. The minimum absolute atomic E-state index is 0.707. The van der Waals surface area contributed by atoms with E-state index in [0.717, 1.165) is 19.4 Å². The number of benzene rings is 3. The van der Waals surface area contributed by atoms with Crippen molar-refractivity contribution in [1.82, 2.24) is 0 Å². The molecule has 0 unspecified atom stereocenters. The molecule has 0 heterocycles. The molecule has 0 amide bonds. The maximum absolute atomic E-state index is 5.73. The Bertz CT molecular complexity index is 688. The molecule has 0 fully saturated rings. The minimum Gasteiger partial charge on any atom is -0.377 e. The molecule has 3 aromatic rings. The molecule has 0 aliphatic heterocycles. The maximum Gasteiger partial charge on any atom is 0.0716 e. The van der Waals surface area contributed by atoms with Crippen molar-refractivity contribution in [3.05, 3.63) is 83.9 Å². The molecule has 0 saturated carbocycles. The summed E-state index contributed by atoms with van der Waals surface area (Å²) >= 11 is 0. The van der Waals surface area contributed by atoms with Crippen LogP contribution in [0.2, 0.25) is 0 Å². The normalized spacial score (nSPS) is 10.9. The molecule has 0 N–H and O–H groups in total. The Morgan fingerprint density at radius 1 is 0.667 bits per heavy atom. The lowest BCUT2D eigenvalue weighted by Crippen LogP contribution is -1.97. The first-order chi connectivity index (χ1) is 10.4. The van der Waals surface area contributed by atoms with Gasteiger partial charge in [0, 0.05) is 6.61 Å². The molecule has 0 saturated heterocycles. The van der Waals surface area contributed by atoms with Crippen molar-refractivity contribution in [1.29, 1.82) is 0 Å². The topological polar surface area (TPSA) is 9.23 Å². The van der Waals surface area contributed by atoms with Gasteiger partial charge in [0.1, 0.15) is 0 Å². The Kier molecular flexibility index (Phi) is 4.65. The fourth-order valence-corrected chi connectivity index (χ4v) is 2.54. The van der Waals surface area contributed by atoms with Gasteiger partial charge in [-0.3, -0.25) is 0 Å². The highest BCUT2D eigenvalue weighted by Gasteiger charge is 1.97. The molecule has 0 bridgehead atoms. The second-order valence-corrected chi connectivity index (χ2v) is 5.32. The largest absolute Gasteiger partial charge is 0.377 e. The van der Waals surface area contributed by atoms with Crippen LogP contribution < -0.4 is 0 Å².